The Hall–Kier alpha value is -2.17. The zero-order valence-electron chi connectivity index (χ0n) is 32.4. The fourth-order valence-electron chi connectivity index (χ4n) is 8.78. The van der Waals surface area contributed by atoms with E-state index in [-0.39, 0.29) is 25.9 Å². The summed E-state index contributed by atoms with van der Waals surface area (Å²) < 4.78 is 44.8. The number of hydrogen-bond acceptors (Lipinski definition) is 0. The molecule has 2 aliphatic rings. The van der Waals surface area contributed by atoms with Crippen molar-refractivity contribution in [3.63, 3.8) is 0 Å². The quantitative estimate of drug-likeness (QED) is 0.170. The molecular weight excluding hydrogens is 788 g/mol. The van der Waals surface area contributed by atoms with Crippen LogP contribution in [-0.4, -0.2) is 5.92 Å². The van der Waals surface area contributed by atoms with Crippen LogP contribution in [0, 0.1) is 5.92 Å². The van der Waals surface area contributed by atoms with Gasteiger partial charge in [-0.2, -0.15) is 0 Å². The van der Waals surface area contributed by atoms with Crippen LogP contribution < -0.4 is 0 Å². The Morgan fingerprint density at radius 1 is 0.654 bits per heavy atom. The predicted molar refractivity (Wildman–Crippen MR) is 219 cm³/mol. The molecule has 2 aliphatic carbocycles. The predicted octanol–water partition coefficient (Wildman–Crippen LogP) is 14.9. The Balaban J connectivity index is 1.60. The molecule has 0 N–H and O–H groups in total. The van der Waals surface area contributed by atoms with Gasteiger partial charge in [0.2, 0.25) is 0 Å². The van der Waals surface area contributed by atoms with Gasteiger partial charge in [0, 0.05) is 0 Å². The van der Waals surface area contributed by atoms with E-state index in [9.17, 15) is 0 Å². The molecule has 2 unspecified atom stereocenters. The second kappa shape index (κ2) is 13.2. The van der Waals surface area contributed by atoms with E-state index in [1.807, 2.05) is 25.1 Å². The standard InChI is InChI=1S/C22H25.C21H20F3.C2H7Si.2ClH.Zr/c1-15(2)18-13-17-7-6-8-20(21(17)14-18)16-9-11-19(12-10-16)22(3,4)5;1-13-11-17-16(9-10-19(18(17)12-13)21(22,23)24)14-5-7-15(8-6-14)20(2,3)4;1-3-2;;;/h6-15H,1-5H3;5-12H,1-4H3;3H,1-2H3;2*1H;/q;;;;;+2/p-2. The molecule has 0 fully saturated rings. The van der Waals surface area contributed by atoms with Gasteiger partial charge in [-0.25, -0.2) is 0 Å². The van der Waals surface area contributed by atoms with Crippen molar-refractivity contribution in [2.45, 2.75) is 99.7 Å². The first-order chi connectivity index (χ1) is 24.0. The number of fused-ring (bicyclic) bond motifs is 2. The summed E-state index contributed by atoms with van der Waals surface area (Å²) in [4.78, 5) is 0. The van der Waals surface area contributed by atoms with E-state index in [0.717, 1.165) is 44.5 Å². The number of allylic oxidation sites excluding steroid dienone is 2. The fraction of sp³-hybridized carbons (Fsp3) is 0.378. The molecule has 0 radical (unpaired) electrons. The molecule has 0 heterocycles. The first-order valence-corrected chi connectivity index (χ1v) is 34.8. The molecule has 7 heteroatoms. The van der Waals surface area contributed by atoms with Crippen LogP contribution in [0.4, 0.5) is 13.2 Å². The van der Waals surface area contributed by atoms with Crippen molar-refractivity contribution in [2.24, 2.45) is 5.92 Å². The molecule has 275 valence electrons. The normalized spacial score (nSPS) is 18.6. The summed E-state index contributed by atoms with van der Waals surface area (Å²) in [5.74, 6) is -1.97. The summed E-state index contributed by atoms with van der Waals surface area (Å²) >= 11 is -5.47. The van der Waals surface area contributed by atoms with Gasteiger partial charge in [-0.1, -0.05) is 0 Å². The van der Waals surface area contributed by atoms with Gasteiger partial charge in [0.15, 0.2) is 0 Å². The second-order valence-electron chi connectivity index (χ2n) is 17.9. The third kappa shape index (κ3) is 6.52. The topological polar surface area (TPSA) is 0 Å². The van der Waals surface area contributed by atoms with E-state index < -0.39 is 36.8 Å². The Morgan fingerprint density at radius 3 is 1.60 bits per heavy atom. The maximum atomic E-state index is 15.3. The molecule has 0 saturated carbocycles. The molecule has 2 atom stereocenters. The number of rotatable bonds is 6. The van der Waals surface area contributed by atoms with Crippen molar-refractivity contribution in [3.05, 3.63) is 129 Å². The van der Waals surface area contributed by atoms with Crippen molar-refractivity contribution in [1.82, 2.24) is 0 Å². The first-order valence-electron chi connectivity index (χ1n) is 18.5. The number of hydrogen-bond donors (Lipinski definition) is 0. The van der Waals surface area contributed by atoms with Gasteiger partial charge in [0.25, 0.3) is 0 Å². The summed E-state index contributed by atoms with van der Waals surface area (Å²) in [6.07, 6.45) is -0.320. The van der Waals surface area contributed by atoms with E-state index in [1.165, 1.54) is 17.2 Å². The molecule has 0 bridgehead atoms. The minimum absolute atomic E-state index is 0.0283. The van der Waals surface area contributed by atoms with E-state index in [2.05, 4.69) is 129 Å². The van der Waals surface area contributed by atoms with Gasteiger partial charge >= 0.3 is 321 Å². The maximum absolute atomic E-state index is 15.3. The Labute approximate surface area is 318 Å². The minimum atomic E-state index is -5.47. The third-order valence-corrected chi connectivity index (χ3v) is 63.7. The molecule has 0 amide bonds. The average Bonchev–Trinajstić information content (AvgIpc) is 3.63. The zero-order valence-corrected chi connectivity index (χ0v) is 37.5. The molecule has 0 aliphatic heterocycles. The van der Waals surface area contributed by atoms with Crippen molar-refractivity contribution >= 4 is 35.1 Å². The van der Waals surface area contributed by atoms with Gasteiger partial charge in [0.05, 0.1) is 0 Å². The van der Waals surface area contributed by atoms with Crippen LogP contribution in [0.3, 0.4) is 0 Å². The van der Waals surface area contributed by atoms with E-state index >= 15 is 13.2 Å². The summed E-state index contributed by atoms with van der Waals surface area (Å²) in [6, 6.07) is 26.3. The van der Waals surface area contributed by atoms with Crippen LogP contribution in [0.15, 0.2) is 90.0 Å². The van der Waals surface area contributed by atoms with Crippen LogP contribution in [0.25, 0.3) is 34.4 Å². The summed E-state index contributed by atoms with van der Waals surface area (Å²) in [5, 5.41) is 0. The SMILES string of the molecule is CC1=Cc2c(-c3ccc(C(C)(C)C)cc3)ccc(C(F)(F)F)c2[CH]1[Zr]([Cl])([Cl])([CH]1C(C(C)C)=Cc2c(-c3ccc(C(C)(C)C)cc3)cccc21)[SiH](C)C. The molecule has 52 heavy (non-hydrogen) atoms. The Bertz CT molecular complexity index is 2090. The van der Waals surface area contributed by atoms with E-state index in [0.29, 0.717) is 5.56 Å². The number of benzene rings is 4. The summed E-state index contributed by atoms with van der Waals surface area (Å²) in [7, 11) is 17.0. The monoisotopic (exact) mass is 837 g/mol. The van der Waals surface area contributed by atoms with Crippen molar-refractivity contribution in [1.29, 1.82) is 0 Å². The number of alkyl halides is 3. The fourth-order valence-corrected chi connectivity index (χ4v) is 40.8. The molecule has 0 nitrogen and oxygen atoms in total. The van der Waals surface area contributed by atoms with E-state index in [4.69, 9.17) is 17.0 Å². The van der Waals surface area contributed by atoms with Crippen molar-refractivity contribution in [3.8, 4) is 22.3 Å². The molecule has 4 aromatic rings. The van der Waals surface area contributed by atoms with Gasteiger partial charge in [0.1, 0.15) is 0 Å². The zero-order chi connectivity index (χ0) is 38.4. The van der Waals surface area contributed by atoms with Crippen LogP contribution in [0.5, 0.6) is 0 Å². The van der Waals surface area contributed by atoms with Crippen LogP contribution >= 0.6 is 17.0 Å². The molecule has 6 rings (SSSR count). The summed E-state index contributed by atoms with van der Waals surface area (Å²) in [5.41, 5.74) is 10.7. The van der Waals surface area contributed by atoms with Crippen LogP contribution in [0.1, 0.15) is 109 Å². The molecule has 0 saturated heterocycles. The first kappa shape index (κ1) is 39.5. The second-order valence-corrected chi connectivity index (χ2v) is 60.4. The van der Waals surface area contributed by atoms with Crippen molar-refractivity contribution in [2.75, 3.05) is 0 Å². The van der Waals surface area contributed by atoms with Crippen LogP contribution in [0.2, 0.25) is 13.1 Å². The van der Waals surface area contributed by atoms with Crippen molar-refractivity contribution < 1.29 is 28.7 Å². The van der Waals surface area contributed by atoms with Gasteiger partial charge in [-0.05, 0) is 0 Å². The van der Waals surface area contributed by atoms with Crippen LogP contribution in [-0.2, 0) is 32.6 Å². The molecular formula is C45H52Cl2F3SiZr. The number of halogens is 5. The Kier molecular flexibility index (Phi) is 10.1. The van der Waals surface area contributed by atoms with Gasteiger partial charge in [-0.15, -0.1) is 0 Å². The summed E-state index contributed by atoms with van der Waals surface area (Å²) in [6.45, 7) is 23.8. The molecule has 0 aromatic heterocycles. The third-order valence-electron chi connectivity index (χ3n) is 11.8. The average molecular weight is 840 g/mol. The van der Waals surface area contributed by atoms with Gasteiger partial charge in [-0.3, -0.25) is 0 Å². The van der Waals surface area contributed by atoms with E-state index in [1.54, 1.807) is 6.07 Å². The molecule has 4 aromatic carbocycles. The Morgan fingerprint density at radius 2 is 1.15 bits per heavy atom. The molecule has 0 spiro atoms. The van der Waals surface area contributed by atoms with Gasteiger partial charge < -0.3 is 0 Å².